The zero-order chi connectivity index (χ0) is 17.0. The third kappa shape index (κ3) is 3.44. The molecule has 0 amide bonds. The van der Waals surface area contributed by atoms with Crippen molar-refractivity contribution >= 4 is 12.3 Å². The highest BCUT2D eigenvalue weighted by Crippen LogP contribution is 2.59. The number of carbonyl (C=O) groups is 2. The highest BCUT2D eigenvalue weighted by atomic mass is 16.5. The van der Waals surface area contributed by atoms with Crippen molar-refractivity contribution in [2.75, 3.05) is 19.7 Å². The molecule has 3 aliphatic rings. The number of piperidine rings is 1. The Labute approximate surface area is 145 Å². The summed E-state index contributed by atoms with van der Waals surface area (Å²) in [6.07, 6.45) is 14.3. The normalized spacial score (nSPS) is 34.0. The Morgan fingerprint density at radius 1 is 1.25 bits per heavy atom. The predicted octanol–water partition coefficient (Wildman–Crippen LogP) is 3.36. The van der Waals surface area contributed by atoms with Gasteiger partial charge in [-0.1, -0.05) is 18.9 Å². The van der Waals surface area contributed by atoms with Gasteiger partial charge in [0.1, 0.15) is 6.29 Å². The second kappa shape index (κ2) is 7.81. The molecule has 3 fully saturated rings. The zero-order valence-corrected chi connectivity index (χ0v) is 14.9. The number of aldehydes is 1. The largest absolute Gasteiger partial charge is 0.463 e. The van der Waals surface area contributed by atoms with Crippen LogP contribution in [0.4, 0.5) is 0 Å². The van der Waals surface area contributed by atoms with E-state index in [-0.39, 0.29) is 12.0 Å². The van der Waals surface area contributed by atoms with Crippen LogP contribution < -0.4 is 0 Å². The molecule has 0 aromatic heterocycles. The van der Waals surface area contributed by atoms with Crippen LogP contribution in [0, 0.1) is 17.3 Å². The second-order valence-corrected chi connectivity index (χ2v) is 7.80. The van der Waals surface area contributed by atoms with E-state index < -0.39 is 0 Å². The predicted molar refractivity (Wildman–Crippen MR) is 93.5 cm³/mol. The summed E-state index contributed by atoms with van der Waals surface area (Å²) in [7, 11) is 0. The molecule has 3 rings (SSSR count). The number of esters is 1. The average molecular weight is 333 g/mol. The molecule has 1 saturated heterocycles. The first kappa shape index (κ1) is 17.7. The Morgan fingerprint density at radius 3 is 2.50 bits per heavy atom. The van der Waals surface area contributed by atoms with Gasteiger partial charge in [0.2, 0.25) is 0 Å². The maximum absolute atomic E-state index is 11.7. The standard InChI is InChI=1S/C20H31NO3/c1-2-24-19(23)10-4-3-9-18(15-22)21-13-16-7-5-11-20(16)12-6-8-17(20)14-21/h4,10,15-18H,2-3,5-9,11-14H2,1H3/b10-4+/t16?,17?,18-,20?/m1/s1. The first-order valence-corrected chi connectivity index (χ1v) is 9.72. The van der Waals surface area contributed by atoms with Crippen molar-refractivity contribution in [2.24, 2.45) is 17.3 Å². The van der Waals surface area contributed by atoms with E-state index in [9.17, 15) is 9.59 Å². The first-order valence-electron chi connectivity index (χ1n) is 9.72. The van der Waals surface area contributed by atoms with E-state index in [1.54, 1.807) is 6.92 Å². The topological polar surface area (TPSA) is 46.6 Å². The van der Waals surface area contributed by atoms with E-state index in [0.29, 0.717) is 12.0 Å². The minimum Gasteiger partial charge on any atom is -0.463 e. The van der Waals surface area contributed by atoms with Crippen LogP contribution in [-0.2, 0) is 14.3 Å². The molecular formula is C20H31NO3. The summed E-state index contributed by atoms with van der Waals surface area (Å²) >= 11 is 0. The van der Waals surface area contributed by atoms with Gasteiger partial charge in [0.05, 0.1) is 12.6 Å². The van der Waals surface area contributed by atoms with Gasteiger partial charge in [-0.25, -0.2) is 4.79 Å². The molecule has 0 aromatic carbocycles. The number of likely N-dealkylation sites (tertiary alicyclic amines) is 1. The number of ether oxygens (including phenoxy) is 1. The number of hydrogen-bond acceptors (Lipinski definition) is 4. The van der Waals surface area contributed by atoms with Crippen LogP contribution in [0.3, 0.4) is 0 Å². The molecule has 0 radical (unpaired) electrons. The minimum absolute atomic E-state index is 0.00366. The molecule has 1 aliphatic heterocycles. The Bertz CT molecular complexity index is 465. The number of hydrogen-bond donors (Lipinski definition) is 0. The second-order valence-electron chi connectivity index (χ2n) is 7.80. The molecular weight excluding hydrogens is 302 g/mol. The van der Waals surface area contributed by atoms with Gasteiger partial charge in [0.25, 0.3) is 0 Å². The molecule has 3 atom stereocenters. The fourth-order valence-electron chi connectivity index (χ4n) is 5.64. The number of allylic oxidation sites excluding steroid dienone is 1. The van der Waals surface area contributed by atoms with E-state index in [1.165, 1.54) is 44.6 Å². The third-order valence-electron chi connectivity index (χ3n) is 6.72. The molecule has 1 spiro atoms. The summed E-state index contributed by atoms with van der Waals surface area (Å²) < 4.78 is 4.88. The van der Waals surface area contributed by atoms with Crippen LogP contribution in [0.5, 0.6) is 0 Å². The summed E-state index contributed by atoms with van der Waals surface area (Å²) in [6.45, 7) is 4.40. The van der Waals surface area contributed by atoms with Crippen molar-refractivity contribution in [2.45, 2.75) is 64.3 Å². The SMILES string of the molecule is CCOC(=O)/C=C/CC[C@H](C=O)N1CC2CCCC23CCCC3C1. The molecule has 0 bridgehead atoms. The van der Waals surface area contributed by atoms with Gasteiger partial charge in [0, 0.05) is 19.2 Å². The first-order chi connectivity index (χ1) is 11.7. The van der Waals surface area contributed by atoms with E-state index in [2.05, 4.69) is 4.90 Å². The summed E-state index contributed by atoms with van der Waals surface area (Å²) in [5.74, 6) is 1.31. The molecule has 4 heteroatoms. The van der Waals surface area contributed by atoms with Crippen molar-refractivity contribution in [3.05, 3.63) is 12.2 Å². The maximum atomic E-state index is 11.7. The van der Waals surface area contributed by atoms with Crippen molar-refractivity contribution in [3.63, 3.8) is 0 Å². The lowest BCUT2D eigenvalue weighted by Crippen LogP contribution is -2.52. The van der Waals surface area contributed by atoms with E-state index >= 15 is 0 Å². The summed E-state index contributed by atoms with van der Waals surface area (Å²) in [5.41, 5.74) is 0.619. The molecule has 2 aliphatic carbocycles. The lowest BCUT2D eigenvalue weighted by molar-refractivity contribution is -0.137. The fourth-order valence-corrected chi connectivity index (χ4v) is 5.64. The quantitative estimate of drug-likeness (QED) is 0.407. The van der Waals surface area contributed by atoms with Crippen molar-refractivity contribution < 1.29 is 14.3 Å². The molecule has 2 unspecified atom stereocenters. The van der Waals surface area contributed by atoms with E-state index in [1.807, 2.05) is 6.08 Å². The third-order valence-corrected chi connectivity index (χ3v) is 6.72. The molecule has 4 nitrogen and oxygen atoms in total. The van der Waals surface area contributed by atoms with Crippen LogP contribution in [-0.4, -0.2) is 42.9 Å². The van der Waals surface area contributed by atoms with E-state index in [4.69, 9.17) is 4.74 Å². The molecule has 134 valence electrons. The van der Waals surface area contributed by atoms with Gasteiger partial charge < -0.3 is 9.53 Å². The Balaban J connectivity index is 1.54. The van der Waals surface area contributed by atoms with Gasteiger partial charge in [-0.15, -0.1) is 0 Å². The number of rotatable bonds is 7. The summed E-state index contributed by atoms with van der Waals surface area (Å²) in [4.78, 5) is 25.4. The van der Waals surface area contributed by atoms with Crippen LogP contribution in [0.25, 0.3) is 0 Å². The van der Waals surface area contributed by atoms with E-state index in [0.717, 1.165) is 44.1 Å². The fraction of sp³-hybridized carbons (Fsp3) is 0.800. The van der Waals surface area contributed by atoms with Gasteiger partial charge >= 0.3 is 5.97 Å². The van der Waals surface area contributed by atoms with Crippen molar-refractivity contribution in [3.8, 4) is 0 Å². The molecule has 24 heavy (non-hydrogen) atoms. The smallest absolute Gasteiger partial charge is 0.330 e. The van der Waals surface area contributed by atoms with Crippen LogP contribution in [0.2, 0.25) is 0 Å². The molecule has 2 saturated carbocycles. The van der Waals surface area contributed by atoms with Gasteiger partial charge in [-0.3, -0.25) is 4.90 Å². The molecule has 0 N–H and O–H groups in total. The maximum Gasteiger partial charge on any atom is 0.330 e. The monoisotopic (exact) mass is 333 g/mol. The van der Waals surface area contributed by atoms with Crippen molar-refractivity contribution in [1.82, 2.24) is 4.90 Å². The summed E-state index contributed by atoms with van der Waals surface area (Å²) in [5, 5.41) is 0. The number of carbonyl (C=O) groups excluding carboxylic acids is 2. The van der Waals surface area contributed by atoms with Crippen LogP contribution in [0.15, 0.2) is 12.2 Å². The van der Waals surface area contributed by atoms with Gasteiger partial charge in [-0.05, 0) is 62.7 Å². The number of nitrogens with zero attached hydrogens (tertiary/aromatic N) is 1. The van der Waals surface area contributed by atoms with Gasteiger partial charge in [0.15, 0.2) is 0 Å². The Morgan fingerprint density at radius 2 is 1.92 bits per heavy atom. The highest BCUT2D eigenvalue weighted by Gasteiger charge is 2.54. The van der Waals surface area contributed by atoms with Crippen LogP contribution >= 0.6 is 0 Å². The van der Waals surface area contributed by atoms with Gasteiger partial charge in [-0.2, -0.15) is 0 Å². The molecule has 1 heterocycles. The zero-order valence-electron chi connectivity index (χ0n) is 14.9. The van der Waals surface area contributed by atoms with Crippen molar-refractivity contribution in [1.29, 1.82) is 0 Å². The average Bonchev–Trinajstić information content (AvgIpc) is 3.17. The highest BCUT2D eigenvalue weighted by molar-refractivity contribution is 5.81. The Kier molecular flexibility index (Phi) is 5.75. The summed E-state index contributed by atoms with van der Waals surface area (Å²) in [6, 6.07) is -0.00366. The van der Waals surface area contributed by atoms with Crippen LogP contribution in [0.1, 0.15) is 58.3 Å². The Hall–Kier alpha value is -1.16. The lowest BCUT2D eigenvalue weighted by Gasteiger charge is -2.48. The molecule has 0 aromatic rings. The minimum atomic E-state index is -0.292. The lowest BCUT2D eigenvalue weighted by atomic mass is 9.67.